The second-order valence-corrected chi connectivity index (χ2v) is 7.07. The van der Waals surface area contributed by atoms with Crippen molar-refractivity contribution < 1.29 is 13.9 Å². The number of benzene rings is 1. The number of pyridine rings is 1. The zero-order valence-corrected chi connectivity index (χ0v) is 20.7. The van der Waals surface area contributed by atoms with E-state index in [9.17, 15) is 9.18 Å². The standard InChI is InChI=1S/C18H20ClFN4O.C4H10O.C2H6/c1-11(8-17(21)22-2)7-12-9-14(4-5-15(12)20)24-18(25)16-6-3-13(19)10-23-16;1-3-5-4-2;1-2/h3-6,9-11H,7-8H2,1-2H3,(H2,21,22)(H,24,25);3-4H2,1-2H3;1-2H3. The molecule has 178 valence electrons. The van der Waals surface area contributed by atoms with E-state index in [0.29, 0.717) is 35.0 Å². The number of anilines is 1. The molecule has 1 aromatic carbocycles. The summed E-state index contributed by atoms with van der Waals surface area (Å²) in [6.45, 7) is 11.6. The van der Waals surface area contributed by atoms with Crippen molar-refractivity contribution in [1.82, 2.24) is 4.98 Å². The number of nitrogens with zero attached hydrogens (tertiary/aromatic N) is 2. The van der Waals surface area contributed by atoms with E-state index in [1.54, 1.807) is 19.2 Å². The maximum Gasteiger partial charge on any atom is 0.274 e. The first kappa shape index (κ1) is 29.5. The zero-order chi connectivity index (χ0) is 24.5. The van der Waals surface area contributed by atoms with Crippen molar-refractivity contribution in [2.24, 2.45) is 16.6 Å². The van der Waals surface area contributed by atoms with Crippen molar-refractivity contribution in [2.75, 3.05) is 25.6 Å². The zero-order valence-electron chi connectivity index (χ0n) is 19.9. The lowest BCUT2D eigenvalue weighted by molar-refractivity contribution is 0.102. The van der Waals surface area contributed by atoms with Crippen LogP contribution in [0, 0.1) is 11.7 Å². The molecule has 8 heteroatoms. The van der Waals surface area contributed by atoms with E-state index >= 15 is 0 Å². The predicted octanol–water partition coefficient (Wildman–Crippen LogP) is 5.75. The molecule has 2 aromatic rings. The van der Waals surface area contributed by atoms with E-state index in [0.717, 1.165) is 13.2 Å². The summed E-state index contributed by atoms with van der Waals surface area (Å²) >= 11 is 5.76. The smallest absolute Gasteiger partial charge is 0.274 e. The molecular weight excluding hydrogens is 431 g/mol. The molecule has 0 aliphatic heterocycles. The molecule has 0 bridgehead atoms. The summed E-state index contributed by atoms with van der Waals surface area (Å²) in [6.07, 6.45) is 2.47. The van der Waals surface area contributed by atoms with Crippen LogP contribution in [-0.4, -0.2) is 37.0 Å². The van der Waals surface area contributed by atoms with Gasteiger partial charge < -0.3 is 15.8 Å². The summed E-state index contributed by atoms with van der Waals surface area (Å²) in [7, 11) is 1.63. The number of aromatic nitrogens is 1. The molecule has 1 unspecified atom stereocenters. The lowest BCUT2D eigenvalue weighted by atomic mass is 9.97. The normalized spacial score (nSPS) is 11.4. The number of amidine groups is 1. The Bertz CT molecular complexity index is 827. The van der Waals surface area contributed by atoms with Crippen LogP contribution in [0.4, 0.5) is 10.1 Å². The molecule has 1 atom stereocenters. The summed E-state index contributed by atoms with van der Waals surface area (Å²) < 4.78 is 18.9. The van der Waals surface area contributed by atoms with Gasteiger partial charge in [-0.2, -0.15) is 0 Å². The highest BCUT2D eigenvalue weighted by Crippen LogP contribution is 2.20. The molecule has 0 aliphatic rings. The Balaban J connectivity index is 0.00000121. The van der Waals surface area contributed by atoms with Gasteiger partial charge in [-0.25, -0.2) is 9.37 Å². The van der Waals surface area contributed by atoms with Crippen LogP contribution in [0.5, 0.6) is 0 Å². The number of ether oxygens (including phenoxy) is 1. The summed E-state index contributed by atoms with van der Waals surface area (Å²) in [4.78, 5) is 20.1. The number of amides is 1. The van der Waals surface area contributed by atoms with Gasteiger partial charge in [-0.3, -0.25) is 9.79 Å². The molecule has 0 fully saturated rings. The van der Waals surface area contributed by atoms with Crippen molar-refractivity contribution in [2.45, 2.75) is 47.5 Å². The van der Waals surface area contributed by atoms with Crippen LogP contribution in [0.2, 0.25) is 5.02 Å². The summed E-state index contributed by atoms with van der Waals surface area (Å²) in [5, 5.41) is 3.16. The third-order valence-corrected chi connectivity index (χ3v) is 4.31. The summed E-state index contributed by atoms with van der Waals surface area (Å²) in [6, 6.07) is 7.58. The molecule has 0 radical (unpaired) electrons. The molecule has 1 heterocycles. The van der Waals surface area contributed by atoms with Gasteiger partial charge in [-0.05, 0) is 62.1 Å². The average molecular weight is 467 g/mol. The van der Waals surface area contributed by atoms with E-state index in [2.05, 4.69) is 15.3 Å². The van der Waals surface area contributed by atoms with Crippen LogP contribution in [0.25, 0.3) is 0 Å². The van der Waals surface area contributed by atoms with E-state index in [1.807, 2.05) is 34.6 Å². The molecule has 1 aromatic heterocycles. The topological polar surface area (TPSA) is 89.6 Å². The number of carbonyl (C=O) groups excluding carboxylic acids is 1. The second-order valence-electron chi connectivity index (χ2n) is 6.63. The number of hydrogen-bond donors (Lipinski definition) is 2. The minimum Gasteiger partial charge on any atom is -0.387 e. The van der Waals surface area contributed by atoms with Gasteiger partial charge in [0.25, 0.3) is 5.91 Å². The Hall–Kier alpha value is -2.51. The number of carbonyl (C=O) groups is 1. The monoisotopic (exact) mass is 466 g/mol. The van der Waals surface area contributed by atoms with Gasteiger partial charge in [-0.15, -0.1) is 0 Å². The quantitative estimate of drug-likeness (QED) is 0.382. The van der Waals surface area contributed by atoms with Crippen molar-refractivity contribution in [3.05, 3.63) is 58.6 Å². The highest BCUT2D eigenvalue weighted by molar-refractivity contribution is 6.30. The van der Waals surface area contributed by atoms with Crippen LogP contribution in [-0.2, 0) is 11.2 Å². The third kappa shape index (κ3) is 11.8. The minimum absolute atomic E-state index is 0.127. The minimum atomic E-state index is -0.385. The first-order valence-corrected chi connectivity index (χ1v) is 11.2. The number of rotatable bonds is 8. The molecule has 6 nitrogen and oxygen atoms in total. The third-order valence-electron chi connectivity index (χ3n) is 4.09. The van der Waals surface area contributed by atoms with E-state index < -0.39 is 0 Å². The van der Waals surface area contributed by atoms with Crippen LogP contribution in [0.15, 0.2) is 41.5 Å². The number of aliphatic imine (C=N–C) groups is 1. The van der Waals surface area contributed by atoms with Gasteiger partial charge in [0.05, 0.1) is 10.9 Å². The lowest BCUT2D eigenvalue weighted by Gasteiger charge is -2.13. The Morgan fingerprint density at radius 1 is 1.25 bits per heavy atom. The molecule has 1 amide bonds. The Labute approximate surface area is 196 Å². The van der Waals surface area contributed by atoms with E-state index in [1.165, 1.54) is 24.4 Å². The van der Waals surface area contributed by atoms with Crippen molar-refractivity contribution in [3.63, 3.8) is 0 Å². The average Bonchev–Trinajstić information content (AvgIpc) is 2.78. The first-order chi connectivity index (χ1) is 15.3. The van der Waals surface area contributed by atoms with Gasteiger partial charge in [0.2, 0.25) is 0 Å². The maximum absolute atomic E-state index is 14.1. The fraction of sp³-hybridized carbons (Fsp3) is 0.458. The maximum atomic E-state index is 14.1. The highest BCUT2D eigenvalue weighted by atomic mass is 35.5. The SMILES string of the molecule is CC.CCOCC.CN=C(N)CC(C)Cc1cc(NC(=O)c2ccc(Cl)cn2)ccc1F. The summed E-state index contributed by atoms with van der Waals surface area (Å²) in [5.74, 6) is -0.0422. The predicted molar refractivity (Wildman–Crippen MR) is 132 cm³/mol. The van der Waals surface area contributed by atoms with Gasteiger partial charge in [-0.1, -0.05) is 32.4 Å². The highest BCUT2D eigenvalue weighted by Gasteiger charge is 2.13. The summed E-state index contributed by atoms with van der Waals surface area (Å²) in [5.41, 5.74) is 6.97. The lowest BCUT2D eigenvalue weighted by Crippen LogP contribution is -2.17. The van der Waals surface area contributed by atoms with Crippen LogP contribution >= 0.6 is 11.6 Å². The fourth-order valence-corrected chi connectivity index (χ4v) is 2.73. The van der Waals surface area contributed by atoms with Crippen LogP contribution in [0.3, 0.4) is 0 Å². The molecule has 0 saturated heterocycles. The van der Waals surface area contributed by atoms with E-state index in [-0.39, 0.29) is 23.3 Å². The van der Waals surface area contributed by atoms with Crippen LogP contribution < -0.4 is 11.1 Å². The Kier molecular flexibility index (Phi) is 15.8. The Morgan fingerprint density at radius 2 is 1.91 bits per heavy atom. The number of nitrogens with two attached hydrogens (primary N) is 1. The molecule has 2 rings (SSSR count). The van der Waals surface area contributed by atoms with E-state index in [4.69, 9.17) is 22.1 Å². The van der Waals surface area contributed by atoms with Crippen molar-refractivity contribution in [3.8, 4) is 0 Å². The number of nitrogens with one attached hydrogen (secondary N) is 1. The molecule has 3 N–H and O–H groups in total. The second kappa shape index (κ2) is 17.1. The number of hydrogen-bond acceptors (Lipinski definition) is 4. The molecule has 0 saturated carbocycles. The van der Waals surface area contributed by atoms with Gasteiger partial charge >= 0.3 is 0 Å². The van der Waals surface area contributed by atoms with Gasteiger partial charge in [0.15, 0.2) is 0 Å². The van der Waals surface area contributed by atoms with Crippen LogP contribution in [0.1, 0.15) is 57.1 Å². The van der Waals surface area contributed by atoms with Crippen molar-refractivity contribution in [1.29, 1.82) is 0 Å². The fourth-order valence-electron chi connectivity index (χ4n) is 2.61. The van der Waals surface area contributed by atoms with Crippen molar-refractivity contribution >= 4 is 29.0 Å². The Morgan fingerprint density at radius 3 is 2.41 bits per heavy atom. The van der Waals surface area contributed by atoms with Gasteiger partial charge in [0.1, 0.15) is 11.5 Å². The van der Waals surface area contributed by atoms with Gasteiger partial charge in [0, 0.05) is 38.6 Å². The molecule has 32 heavy (non-hydrogen) atoms. The molecular formula is C24H36ClFN4O2. The first-order valence-electron chi connectivity index (χ1n) is 10.8. The largest absolute Gasteiger partial charge is 0.387 e. The number of halogens is 2. The molecule has 0 spiro atoms. The molecule has 0 aliphatic carbocycles.